The number of H-pyrrole nitrogens is 1. The van der Waals surface area contributed by atoms with Crippen LogP contribution in [0.5, 0.6) is 5.75 Å². The maximum absolute atomic E-state index is 12.3. The van der Waals surface area contributed by atoms with Gasteiger partial charge >= 0.3 is 0 Å². The normalized spacial score (nSPS) is 13.7. The minimum absolute atomic E-state index is 0.285. The molecule has 1 aliphatic carbocycles. The molecule has 1 aromatic carbocycles. The Morgan fingerprint density at radius 2 is 2.06 bits per heavy atom. The van der Waals surface area contributed by atoms with Gasteiger partial charge in [0, 0.05) is 34.6 Å². The number of aromatic nitrogens is 3. The predicted molar refractivity (Wildman–Crippen MR) is 141 cm³/mol. The third kappa shape index (κ3) is 4.25. The van der Waals surface area contributed by atoms with Crippen molar-refractivity contribution in [2.45, 2.75) is 32.7 Å². The number of nitroso groups, excluding NO2 is 1. The number of pyridine rings is 2. The van der Waals surface area contributed by atoms with E-state index in [-0.39, 0.29) is 5.69 Å². The summed E-state index contributed by atoms with van der Waals surface area (Å²) in [5, 5.41) is 14.4. The Labute approximate surface area is 207 Å². The lowest BCUT2D eigenvalue weighted by atomic mass is 9.96. The Bertz CT molecular complexity index is 1680. The van der Waals surface area contributed by atoms with Gasteiger partial charge in [-0.05, 0) is 66.8 Å². The van der Waals surface area contributed by atoms with Gasteiger partial charge in [0.1, 0.15) is 5.65 Å². The minimum atomic E-state index is -1.10. The lowest BCUT2D eigenvalue weighted by molar-refractivity contribution is 0.464. The largest absolute Gasteiger partial charge is 0.503 e. The summed E-state index contributed by atoms with van der Waals surface area (Å²) in [6.45, 7) is 4.00. The van der Waals surface area contributed by atoms with Crippen LogP contribution in [-0.2, 0) is 0 Å². The average molecular weight is 477 g/mol. The van der Waals surface area contributed by atoms with Gasteiger partial charge in [-0.25, -0.2) is 4.98 Å². The minimum Gasteiger partial charge on any atom is -0.503 e. The molecule has 1 unspecified atom stereocenters. The van der Waals surface area contributed by atoms with E-state index in [2.05, 4.69) is 27.0 Å². The lowest BCUT2D eigenvalue weighted by Crippen LogP contribution is -2.13. The van der Waals surface area contributed by atoms with Crippen molar-refractivity contribution in [1.82, 2.24) is 14.5 Å². The Kier molecular flexibility index (Phi) is 6.09. The molecule has 3 heterocycles. The first kappa shape index (κ1) is 23.1. The molecule has 0 fully saturated rings. The highest BCUT2D eigenvalue weighted by atomic mass is 16.3. The van der Waals surface area contributed by atoms with Gasteiger partial charge in [0.2, 0.25) is 5.43 Å². The number of fused-ring (bicyclic) bond motifs is 1. The number of benzene rings is 1. The zero-order valence-electron chi connectivity index (χ0n) is 19.9. The summed E-state index contributed by atoms with van der Waals surface area (Å²) in [4.78, 5) is 32.0. The van der Waals surface area contributed by atoms with Gasteiger partial charge in [-0.1, -0.05) is 42.2 Å². The van der Waals surface area contributed by atoms with Crippen molar-refractivity contribution in [3.8, 4) is 34.4 Å². The van der Waals surface area contributed by atoms with E-state index >= 15 is 0 Å². The van der Waals surface area contributed by atoms with E-state index in [1.54, 1.807) is 4.57 Å². The Morgan fingerprint density at radius 3 is 2.83 bits per heavy atom. The molecule has 3 aromatic heterocycles. The number of hydrogen-bond donors (Lipinski definition) is 2. The van der Waals surface area contributed by atoms with Crippen molar-refractivity contribution >= 4 is 11.0 Å². The van der Waals surface area contributed by atoms with Crippen molar-refractivity contribution in [3.63, 3.8) is 0 Å². The van der Waals surface area contributed by atoms with Gasteiger partial charge in [-0.2, -0.15) is 0 Å². The van der Waals surface area contributed by atoms with Crippen molar-refractivity contribution in [2.75, 3.05) is 0 Å². The third-order valence-electron chi connectivity index (χ3n) is 6.40. The van der Waals surface area contributed by atoms with Crippen LogP contribution in [0.25, 0.3) is 27.8 Å². The SMILES string of the molecule is Cc1nc2[nH]ccc2c(-c2cccc(-n3cc(O)c(=O)cc3C(C#CC3=CCCC=C3)N=O)c2)c1C. The van der Waals surface area contributed by atoms with E-state index in [0.29, 0.717) is 5.69 Å². The quantitative estimate of drug-likeness (QED) is 0.288. The fourth-order valence-corrected chi connectivity index (χ4v) is 4.46. The summed E-state index contributed by atoms with van der Waals surface area (Å²) in [7, 11) is 0. The first-order valence-electron chi connectivity index (χ1n) is 11.7. The van der Waals surface area contributed by atoms with Gasteiger partial charge in [-0.3, -0.25) is 4.79 Å². The molecule has 0 saturated carbocycles. The highest BCUT2D eigenvalue weighted by Crippen LogP contribution is 2.34. The fourth-order valence-electron chi connectivity index (χ4n) is 4.46. The van der Waals surface area contributed by atoms with Crippen LogP contribution in [-0.4, -0.2) is 19.6 Å². The topological polar surface area (TPSA) is 100 Å². The number of nitrogens with zero attached hydrogens (tertiary/aromatic N) is 3. The Balaban J connectivity index is 1.66. The molecule has 0 bridgehead atoms. The first-order valence-corrected chi connectivity index (χ1v) is 11.7. The van der Waals surface area contributed by atoms with Crippen molar-refractivity contribution in [3.05, 3.63) is 105 Å². The highest BCUT2D eigenvalue weighted by Gasteiger charge is 2.18. The molecule has 0 saturated heterocycles. The number of aryl methyl sites for hydroxylation is 1. The van der Waals surface area contributed by atoms with Crippen LogP contribution in [0.15, 0.2) is 82.6 Å². The molecular formula is C29H24N4O3. The number of aromatic amines is 1. The zero-order valence-corrected chi connectivity index (χ0v) is 19.9. The molecule has 2 N–H and O–H groups in total. The van der Waals surface area contributed by atoms with Crippen LogP contribution in [0.2, 0.25) is 0 Å². The van der Waals surface area contributed by atoms with Gasteiger partial charge in [-0.15, -0.1) is 4.91 Å². The van der Waals surface area contributed by atoms with E-state index in [1.165, 1.54) is 12.3 Å². The zero-order chi connectivity index (χ0) is 25.2. The number of aromatic hydroxyl groups is 1. The molecule has 7 heteroatoms. The molecule has 0 amide bonds. The van der Waals surface area contributed by atoms with E-state index in [1.807, 2.05) is 68.6 Å². The summed E-state index contributed by atoms with van der Waals surface area (Å²) >= 11 is 0. The van der Waals surface area contributed by atoms with Gasteiger partial charge in [0.15, 0.2) is 11.8 Å². The van der Waals surface area contributed by atoms with E-state index in [9.17, 15) is 14.8 Å². The molecule has 1 atom stereocenters. The van der Waals surface area contributed by atoms with Crippen LogP contribution < -0.4 is 5.43 Å². The first-order chi connectivity index (χ1) is 17.5. The van der Waals surface area contributed by atoms with Gasteiger partial charge in [0.25, 0.3) is 0 Å². The molecule has 0 spiro atoms. The molecular weight excluding hydrogens is 452 g/mol. The molecule has 36 heavy (non-hydrogen) atoms. The summed E-state index contributed by atoms with van der Waals surface area (Å²) in [6, 6.07) is 9.80. The maximum Gasteiger partial charge on any atom is 0.223 e. The summed E-state index contributed by atoms with van der Waals surface area (Å²) in [6.07, 6.45) is 11.0. The molecule has 7 nitrogen and oxygen atoms in total. The number of hydrogen-bond acceptors (Lipinski definition) is 5. The monoisotopic (exact) mass is 476 g/mol. The third-order valence-corrected chi connectivity index (χ3v) is 6.40. The van der Waals surface area contributed by atoms with Crippen LogP contribution in [0.4, 0.5) is 0 Å². The second-order valence-corrected chi connectivity index (χ2v) is 8.72. The lowest BCUT2D eigenvalue weighted by Gasteiger charge is -2.17. The molecule has 4 aromatic rings. The molecule has 5 rings (SSSR count). The van der Waals surface area contributed by atoms with E-state index in [4.69, 9.17) is 0 Å². The van der Waals surface area contributed by atoms with E-state index < -0.39 is 17.2 Å². The predicted octanol–water partition coefficient (Wildman–Crippen LogP) is 5.79. The smallest absolute Gasteiger partial charge is 0.223 e. The standard InChI is InChI=1S/C29H24N4O3/c1-18-19(2)31-29-23(13-14-30-29)28(18)21-9-6-10-22(15-21)33-17-27(35)26(34)16-25(33)24(32-36)12-11-20-7-4-3-5-8-20/h4,6-10,13-17,24,35H,3,5H2,1-2H3,(H,30,31). The average Bonchev–Trinajstić information content (AvgIpc) is 3.35. The van der Waals surface area contributed by atoms with Crippen molar-refractivity contribution in [2.24, 2.45) is 5.18 Å². The van der Waals surface area contributed by atoms with Gasteiger partial charge < -0.3 is 14.7 Å². The number of rotatable bonds is 4. The highest BCUT2D eigenvalue weighted by molar-refractivity contribution is 5.95. The van der Waals surface area contributed by atoms with E-state index in [0.717, 1.165) is 51.8 Å². The van der Waals surface area contributed by atoms with Crippen LogP contribution in [0, 0.1) is 30.6 Å². The van der Waals surface area contributed by atoms with Crippen molar-refractivity contribution < 1.29 is 5.11 Å². The van der Waals surface area contributed by atoms with Crippen LogP contribution >= 0.6 is 0 Å². The van der Waals surface area contributed by atoms with Gasteiger partial charge in [0.05, 0.1) is 11.9 Å². The Hall–Kier alpha value is -4.70. The number of nitrogens with one attached hydrogen (secondary N) is 1. The van der Waals surface area contributed by atoms with Crippen LogP contribution in [0.3, 0.4) is 0 Å². The molecule has 1 aliphatic rings. The molecule has 178 valence electrons. The maximum atomic E-state index is 12.3. The van der Waals surface area contributed by atoms with Crippen molar-refractivity contribution in [1.29, 1.82) is 0 Å². The summed E-state index contributed by atoms with van der Waals surface area (Å²) in [5.74, 6) is 5.46. The molecule has 0 aliphatic heterocycles. The number of allylic oxidation sites excluding steroid dienone is 4. The van der Waals surface area contributed by atoms with Crippen LogP contribution in [0.1, 0.15) is 35.8 Å². The summed E-state index contributed by atoms with van der Waals surface area (Å²) in [5.41, 5.74) is 5.88. The molecule has 0 radical (unpaired) electrons. The summed E-state index contributed by atoms with van der Waals surface area (Å²) < 4.78 is 1.60. The fraction of sp³-hybridized carbons (Fsp3) is 0.172. The second kappa shape index (κ2) is 9.51. The second-order valence-electron chi connectivity index (χ2n) is 8.72. The Morgan fingerprint density at radius 1 is 1.19 bits per heavy atom.